The maximum absolute atomic E-state index is 11.6. The van der Waals surface area contributed by atoms with Crippen molar-refractivity contribution in [2.45, 2.75) is 38.6 Å². The monoisotopic (exact) mass is 509 g/mol. The van der Waals surface area contributed by atoms with Crippen LogP contribution in [0.4, 0.5) is 11.6 Å². The molecule has 1 aliphatic rings. The highest BCUT2D eigenvalue weighted by Crippen LogP contribution is 2.30. The molecule has 9 heteroatoms. The van der Waals surface area contributed by atoms with Crippen molar-refractivity contribution in [2.75, 3.05) is 18.5 Å². The van der Waals surface area contributed by atoms with E-state index in [0.29, 0.717) is 12.6 Å². The summed E-state index contributed by atoms with van der Waals surface area (Å²) in [7, 11) is 1.89. The maximum Gasteiger partial charge on any atom is 0.231 e. The number of hydrazine groups is 1. The van der Waals surface area contributed by atoms with E-state index < -0.39 is 0 Å². The first-order valence-electron chi connectivity index (χ1n) is 12.8. The topological polar surface area (TPSA) is 97.2 Å². The molecule has 4 aromatic rings. The average Bonchev–Trinajstić information content (AvgIpc) is 3.35. The highest BCUT2D eigenvalue weighted by Gasteiger charge is 2.23. The number of aromatic nitrogens is 4. The Morgan fingerprint density at radius 1 is 1.18 bits per heavy atom. The van der Waals surface area contributed by atoms with Crippen LogP contribution >= 0.6 is 0 Å². The van der Waals surface area contributed by atoms with Crippen LogP contribution < -0.4 is 15.5 Å². The van der Waals surface area contributed by atoms with Gasteiger partial charge in [-0.1, -0.05) is 12.3 Å². The number of piperidine rings is 1. The Labute approximate surface area is 222 Å². The number of hydrogen-bond acceptors (Lipinski definition) is 7. The van der Waals surface area contributed by atoms with Crippen LogP contribution in [0, 0.1) is 12.3 Å². The number of carbonyl (C=O) groups is 1. The first-order valence-corrected chi connectivity index (χ1v) is 12.8. The molecular weight excluding hydrogens is 478 g/mol. The summed E-state index contributed by atoms with van der Waals surface area (Å²) < 4.78 is 8.01. The van der Waals surface area contributed by atoms with Crippen molar-refractivity contribution in [1.29, 1.82) is 0 Å². The van der Waals surface area contributed by atoms with E-state index in [1.54, 1.807) is 17.8 Å². The van der Waals surface area contributed by atoms with Gasteiger partial charge in [0.05, 0.1) is 18.3 Å². The zero-order valence-electron chi connectivity index (χ0n) is 21.6. The van der Waals surface area contributed by atoms with Crippen LogP contribution in [0.3, 0.4) is 0 Å². The summed E-state index contributed by atoms with van der Waals surface area (Å²) in [6, 6.07) is 11.9. The maximum atomic E-state index is 11.6. The van der Waals surface area contributed by atoms with Gasteiger partial charge in [0.15, 0.2) is 0 Å². The molecule has 9 nitrogen and oxygen atoms in total. The van der Waals surface area contributed by atoms with E-state index in [9.17, 15) is 4.79 Å². The van der Waals surface area contributed by atoms with Gasteiger partial charge in [0, 0.05) is 67.2 Å². The Hall–Kier alpha value is -4.42. The molecular formula is C29H31N7O2. The summed E-state index contributed by atoms with van der Waals surface area (Å²) in [6.45, 7) is 2.94. The van der Waals surface area contributed by atoms with Crippen LogP contribution in [0.5, 0.6) is 5.75 Å². The number of amides is 1. The fourth-order valence-corrected chi connectivity index (χ4v) is 4.77. The van der Waals surface area contributed by atoms with Crippen LogP contribution in [-0.2, 0) is 11.8 Å². The number of fused-ring (bicyclic) bond motifs is 1. The number of aryl methyl sites for hydroxylation is 1. The molecule has 0 bridgehead atoms. The first kappa shape index (κ1) is 25.2. The van der Waals surface area contributed by atoms with Crippen molar-refractivity contribution in [1.82, 2.24) is 30.2 Å². The molecule has 0 radical (unpaired) electrons. The van der Waals surface area contributed by atoms with Gasteiger partial charge in [0.2, 0.25) is 11.9 Å². The fourth-order valence-electron chi connectivity index (χ4n) is 4.77. The number of benzene rings is 2. The van der Waals surface area contributed by atoms with Crippen molar-refractivity contribution in [2.24, 2.45) is 7.05 Å². The number of carbonyl (C=O) groups excluding carboxylic acids is 1. The van der Waals surface area contributed by atoms with Gasteiger partial charge in [-0.3, -0.25) is 14.9 Å². The van der Waals surface area contributed by atoms with E-state index in [4.69, 9.17) is 11.2 Å². The number of nitrogens with zero attached hydrogens (tertiary/aromatic N) is 5. The molecule has 5 rings (SSSR count). The molecule has 2 aromatic heterocycles. The molecule has 38 heavy (non-hydrogen) atoms. The first-order chi connectivity index (χ1) is 18.5. The van der Waals surface area contributed by atoms with Gasteiger partial charge in [-0.2, -0.15) is 5.10 Å². The third-order valence-electron chi connectivity index (χ3n) is 6.60. The number of rotatable bonds is 8. The van der Waals surface area contributed by atoms with Gasteiger partial charge < -0.3 is 10.1 Å². The van der Waals surface area contributed by atoms with E-state index in [-0.39, 0.29) is 11.9 Å². The number of nitrogens with one attached hydrogen (secondary N) is 2. The molecule has 1 atom stereocenters. The molecule has 2 N–H and O–H groups in total. The second-order valence-corrected chi connectivity index (χ2v) is 9.53. The SMILES string of the molecule is C#Cc1ccc2nc(Nc3cc(OCCC4CCCCN4NC(C)=O)cc(-c4cnn(C)c4)c3)ncc2c1. The Morgan fingerprint density at radius 2 is 2.08 bits per heavy atom. The Morgan fingerprint density at radius 3 is 2.87 bits per heavy atom. The van der Waals surface area contributed by atoms with Crippen LogP contribution in [0.25, 0.3) is 22.0 Å². The zero-order valence-corrected chi connectivity index (χ0v) is 21.6. The van der Waals surface area contributed by atoms with E-state index >= 15 is 0 Å². The molecule has 194 valence electrons. The van der Waals surface area contributed by atoms with Crippen LogP contribution in [0.15, 0.2) is 55.0 Å². The quantitative estimate of drug-likeness (QED) is 0.339. The van der Waals surface area contributed by atoms with Gasteiger partial charge in [0.1, 0.15) is 5.75 Å². The zero-order chi connectivity index (χ0) is 26.5. The Balaban J connectivity index is 1.35. The van der Waals surface area contributed by atoms with Crippen molar-refractivity contribution in [3.05, 3.63) is 60.6 Å². The normalized spacial score (nSPS) is 15.7. The fraction of sp³-hybridized carbons (Fsp3) is 0.310. The summed E-state index contributed by atoms with van der Waals surface area (Å²) in [5, 5.41) is 10.6. The lowest BCUT2D eigenvalue weighted by Gasteiger charge is -2.35. The molecule has 1 unspecified atom stereocenters. The van der Waals surface area contributed by atoms with Crippen LogP contribution in [-0.4, -0.2) is 49.9 Å². The highest BCUT2D eigenvalue weighted by molar-refractivity contribution is 5.81. The highest BCUT2D eigenvalue weighted by atomic mass is 16.5. The summed E-state index contributed by atoms with van der Waals surface area (Å²) in [4.78, 5) is 20.7. The summed E-state index contributed by atoms with van der Waals surface area (Å²) in [5.41, 5.74) is 7.31. The van der Waals surface area contributed by atoms with Gasteiger partial charge >= 0.3 is 0 Å². The minimum Gasteiger partial charge on any atom is -0.493 e. The second-order valence-electron chi connectivity index (χ2n) is 9.53. The number of ether oxygens (including phenoxy) is 1. The lowest BCUT2D eigenvalue weighted by molar-refractivity contribution is -0.125. The molecule has 0 saturated carbocycles. The second kappa shape index (κ2) is 11.3. The van der Waals surface area contributed by atoms with Crippen molar-refractivity contribution >= 4 is 28.4 Å². The van der Waals surface area contributed by atoms with Gasteiger partial charge in [-0.05, 0) is 55.2 Å². The molecule has 1 saturated heterocycles. The molecule has 0 aliphatic carbocycles. The average molecular weight is 510 g/mol. The molecule has 0 spiro atoms. The molecule has 1 aliphatic heterocycles. The third-order valence-corrected chi connectivity index (χ3v) is 6.60. The van der Waals surface area contributed by atoms with Crippen LogP contribution in [0.1, 0.15) is 38.2 Å². The molecule has 3 heterocycles. The van der Waals surface area contributed by atoms with E-state index in [2.05, 4.69) is 36.7 Å². The summed E-state index contributed by atoms with van der Waals surface area (Å²) >= 11 is 0. The number of anilines is 2. The minimum absolute atomic E-state index is 0.0369. The third kappa shape index (κ3) is 6.10. The molecule has 1 fully saturated rings. The smallest absolute Gasteiger partial charge is 0.231 e. The lowest BCUT2D eigenvalue weighted by atomic mass is 10.0. The van der Waals surface area contributed by atoms with Crippen LogP contribution in [0.2, 0.25) is 0 Å². The van der Waals surface area contributed by atoms with E-state index in [0.717, 1.165) is 71.3 Å². The van der Waals surface area contributed by atoms with E-state index in [1.807, 2.05) is 55.8 Å². The summed E-state index contributed by atoms with van der Waals surface area (Å²) in [5.74, 6) is 3.81. The largest absolute Gasteiger partial charge is 0.493 e. The molecule has 1 amide bonds. The van der Waals surface area contributed by atoms with Gasteiger partial charge in [-0.15, -0.1) is 6.42 Å². The number of hydrogen-bond donors (Lipinski definition) is 2. The lowest BCUT2D eigenvalue weighted by Crippen LogP contribution is -2.50. The number of terminal acetylenes is 1. The molecule has 2 aromatic carbocycles. The summed E-state index contributed by atoms with van der Waals surface area (Å²) in [6.07, 6.45) is 15.2. The standard InChI is InChI=1S/C29H31N7O2/c1-4-21-8-9-28-23(13-21)17-30-29(33-28)32-25-14-22(24-18-31-35(3)19-24)15-27(16-25)38-12-10-26-7-5-6-11-36(26)34-20(2)37/h1,8-9,13-19,26H,5-7,10-12H2,2-3H3,(H,34,37)(H,30,32,33). The van der Waals surface area contributed by atoms with Crippen molar-refractivity contribution in [3.8, 4) is 29.2 Å². The van der Waals surface area contributed by atoms with Crippen molar-refractivity contribution in [3.63, 3.8) is 0 Å². The predicted octanol–water partition coefficient (Wildman–Crippen LogP) is 4.43. The Kier molecular flexibility index (Phi) is 7.52. The van der Waals surface area contributed by atoms with Crippen molar-refractivity contribution < 1.29 is 9.53 Å². The van der Waals surface area contributed by atoms with Gasteiger partial charge in [-0.25, -0.2) is 15.0 Å². The Bertz CT molecular complexity index is 1490. The van der Waals surface area contributed by atoms with Gasteiger partial charge in [0.25, 0.3) is 0 Å². The van der Waals surface area contributed by atoms with E-state index in [1.165, 1.54) is 0 Å². The predicted molar refractivity (Wildman–Crippen MR) is 148 cm³/mol. The minimum atomic E-state index is -0.0369.